The van der Waals surface area contributed by atoms with Gasteiger partial charge < -0.3 is 10.6 Å². The third kappa shape index (κ3) is 5.21. The lowest BCUT2D eigenvalue weighted by molar-refractivity contribution is 0.616. The molecule has 0 spiro atoms. The Morgan fingerprint density at radius 1 is 1.35 bits per heavy atom. The van der Waals surface area contributed by atoms with Gasteiger partial charge in [0.1, 0.15) is 0 Å². The molecule has 1 heterocycles. The molecular weight excluding hydrogens is 239 g/mol. The molecule has 2 N–H and O–H groups in total. The van der Waals surface area contributed by atoms with Crippen molar-refractivity contribution >= 4 is 23.5 Å². The van der Waals surface area contributed by atoms with Crippen LogP contribution in [0.1, 0.15) is 19.3 Å². The van der Waals surface area contributed by atoms with Gasteiger partial charge in [0.2, 0.25) is 5.95 Å². The molecule has 17 heavy (non-hydrogen) atoms. The zero-order valence-corrected chi connectivity index (χ0v) is 11.1. The minimum Gasteiger partial charge on any atom is -0.367 e. The molecule has 0 aliphatic carbocycles. The maximum Gasteiger partial charge on any atom is 0.224 e. The largest absolute Gasteiger partial charge is 0.367 e. The molecule has 4 nitrogen and oxygen atoms in total. The van der Waals surface area contributed by atoms with Crippen molar-refractivity contribution in [2.75, 3.05) is 36.2 Å². The highest BCUT2D eigenvalue weighted by Crippen LogP contribution is 2.11. The van der Waals surface area contributed by atoms with Crippen molar-refractivity contribution < 1.29 is 4.39 Å². The summed E-state index contributed by atoms with van der Waals surface area (Å²) >= 11 is 1.85. The number of thioether (sulfide) groups is 1. The topological polar surface area (TPSA) is 49.8 Å². The van der Waals surface area contributed by atoms with Gasteiger partial charge in [-0.15, -0.1) is 0 Å². The number of hydrogen-bond donors (Lipinski definition) is 2. The van der Waals surface area contributed by atoms with Crippen LogP contribution in [0.25, 0.3) is 0 Å². The lowest BCUT2D eigenvalue weighted by Gasteiger charge is -2.07. The predicted molar refractivity (Wildman–Crippen MR) is 72.3 cm³/mol. The molecule has 0 atom stereocenters. The van der Waals surface area contributed by atoms with Crippen LogP contribution in [-0.2, 0) is 0 Å². The summed E-state index contributed by atoms with van der Waals surface area (Å²) in [7, 11) is 1.71. The van der Waals surface area contributed by atoms with Crippen LogP contribution in [0.3, 0.4) is 0 Å². The standard InChI is InChI=1S/C11H19FN4S/c1-13-11-15-8-9(12)10(16-11)14-6-4-3-5-7-17-2/h8H,3-7H2,1-2H3,(H2,13,14,15,16). The first-order chi connectivity index (χ1) is 8.27. The molecule has 6 heteroatoms. The van der Waals surface area contributed by atoms with Gasteiger partial charge in [0.15, 0.2) is 11.6 Å². The van der Waals surface area contributed by atoms with Crippen molar-refractivity contribution in [3.63, 3.8) is 0 Å². The van der Waals surface area contributed by atoms with E-state index in [0.717, 1.165) is 19.4 Å². The summed E-state index contributed by atoms with van der Waals surface area (Å²) in [6.07, 6.45) is 6.66. The average Bonchev–Trinajstić information content (AvgIpc) is 2.35. The van der Waals surface area contributed by atoms with Gasteiger partial charge >= 0.3 is 0 Å². The van der Waals surface area contributed by atoms with E-state index in [0.29, 0.717) is 5.95 Å². The highest BCUT2D eigenvalue weighted by Gasteiger charge is 2.04. The van der Waals surface area contributed by atoms with E-state index in [-0.39, 0.29) is 5.82 Å². The van der Waals surface area contributed by atoms with Crippen LogP contribution in [0.5, 0.6) is 0 Å². The summed E-state index contributed by atoms with van der Waals surface area (Å²) < 4.78 is 13.3. The van der Waals surface area contributed by atoms with Gasteiger partial charge in [-0.25, -0.2) is 9.37 Å². The number of rotatable bonds is 8. The summed E-state index contributed by atoms with van der Waals surface area (Å²) in [5, 5.41) is 5.77. The molecule has 96 valence electrons. The fraction of sp³-hybridized carbons (Fsp3) is 0.636. The molecular formula is C11H19FN4S. The quantitative estimate of drug-likeness (QED) is 0.702. The molecule has 0 amide bonds. The Morgan fingerprint density at radius 2 is 2.18 bits per heavy atom. The third-order valence-electron chi connectivity index (χ3n) is 2.29. The van der Waals surface area contributed by atoms with E-state index in [4.69, 9.17) is 0 Å². The zero-order valence-electron chi connectivity index (χ0n) is 10.3. The smallest absolute Gasteiger partial charge is 0.224 e. The number of nitrogens with one attached hydrogen (secondary N) is 2. The van der Waals surface area contributed by atoms with E-state index >= 15 is 0 Å². The second-order valence-corrected chi connectivity index (χ2v) is 4.61. The lowest BCUT2D eigenvalue weighted by Crippen LogP contribution is -2.08. The molecule has 0 radical (unpaired) electrons. The number of aromatic nitrogens is 2. The number of anilines is 2. The van der Waals surface area contributed by atoms with Gasteiger partial charge in [-0.3, -0.25) is 0 Å². The summed E-state index contributed by atoms with van der Waals surface area (Å²) in [4.78, 5) is 7.80. The van der Waals surface area contributed by atoms with Crippen molar-refractivity contribution in [1.82, 2.24) is 9.97 Å². The summed E-state index contributed by atoms with van der Waals surface area (Å²) in [5.74, 6) is 1.48. The highest BCUT2D eigenvalue weighted by atomic mass is 32.2. The molecule has 0 fully saturated rings. The fourth-order valence-electron chi connectivity index (χ4n) is 1.37. The molecule has 0 aliphatic heterocycles. The van der Waals surface area contributed by atoms with Crippen LogP contribution in [0.2, 0.25) is 0 Å². The van der Waals surface area contributed by atoms with Crippen LogP contribution in [0, 0.1) is 5.82 Å². The molecule has 0 aromatic carbocycles. The Hall–Kier alpha value is -1.04. The summed E-state index contributed by atoms with van der Waals surface area (Å²) in [5.41, 5.74) is 0. The average molecular weight is 258 g/mol. The first-order valence-corrected chi connectivity index (χ1v) is 7.10. The Kier molecular flexibility index (Phi) is 6.69. The molecule has 0 saturated carbocycles. The lowest BCUT2D eigenvalue weighted by atomic mass is 10.2. The van der Waals surface area contributed by atoms with Gasteiger partial charge in [0, 0.05) is 13.6 Å². The molecule has 0 bridgehead atoms. The molecule has 0 saturated heterocycles. The van der Waals surface area contributed by atoms with E-state index in [1.54, 1.807) is 7.05 Å². The SMILES string of the molecule is CNc1ncc(F)c(NCCCCCSC)n1. The summed E-state index contributed by atoms with van der Waals surface area (Å²) in [6, 6.07) is 0. The van der Waals surface area contributed by atoms with Crippen LogP contribution in [-0.4, -0.2) is 35.6 Å². The van der Waals surface area contributed by atoms with Crippen LogP contribution in [0.15, 0.2) is 6.20 Å². The van der Waals surface area contributed by atoms with Crippen molar-refractivity contribution in [1.29, 1.82) is 0 Å². The maximum absolute atomic E-state index is 13.3. The van der Waals surface area contributed by atoms with E-state index in [1.165, 1.54) is 18.4 Å². The van der Waals surface area contributed by atoms with Crippen LogP contribution in [0.4, 0.5) is 16.2 Å². The highest BCUT2D eigenvalue weighted by molar-refractivity contribution is 7.98. The minimum atomic E-state index is -0.409. The Bertz CT molecular complexity index is 335. The second-order valence-electron chi connectivity index (χ2n) is 3.62. The van der Waals surface area contributed by atoms with E-state index in [2.05, 4.69) is 26.9 Å². The van der Waals surface area contributed by atoms with Gasteiger partial charge in [-0.05, 0) is 24.9 Å². The monoisotopic (exact) mass is 258 g/mol. The van der Waals surface area contributed by atoms with E-state index in [9.17, 15) is 4.39 Å². The minimum absolute atomic E-state index is 0.272. The Balaban J connectivity index is 2.30. The predicted octanol–water partition coefficient (Wildman–Crippen LogP) is 2.60. The van der Waals surface area contributed by atoms with Crippen molar-refractivity contribution in [3.8, 4) is 0 Å². The normalized spacial score (nSPS) is 10.3. The number of halogens is 1. The third-order valence-corrected chi connectivity index (χ3v) is 2.98. The van der Waals surface area contributed by atoms with Gasteiger partial charge in [-0.2, -0.15) is 16.7 Å². The van der Waals surface area contributed by atoms with E-state index in [1.807, 2.05) is 11.8 Å². The van der Waals surface area contributed by atoms with E-state index < -0.39 is 5.82 Å². The molecule has 1 rings (SSSR count). The Labute approximate surface area is 106 Å². The molecule has 0 unspecified atom stereocenters. The van der Waals surface area contributed by atoms with Gasteiger partial charge in [0.25, 0.3) is 0 Å². The first kappa shape index (κ1) is 14.0. The van der Waals surface area contributed by atoms with Gasteiger partial charge in [-0.1, -0.05) is 6.42 Å². The van der Waals surface area contributed by atoms with Crippen LogP contribution >= 0.6 is 11.8 Å². The van der Waals surface area contributed by atoms with Gasteiger partial charge in [0.05, 0.1) is 6.20 Å². The molecule has 1 aromatic rings. The maximum atomic E-state index is 13.3. The van der Waals surface area contributed by atoms with Crippen molar-refractivity contribution in [2.24, 2.45) is 0 Å². The molecule has 1 aromatic heterocycles. The first-order valence-electron chi connectivity index (χ1n) is 5.71. The summed E-state index contributed by atoms with van der Waals surface area (Å²) in [6.45, 7) is 0.742. The number of nitrogens with zero attached hydrogens (tertiary/aromatic N) is 2. The van der Waals surface area contributed by atoms with Crippen molar-refractivity contribution in [3.05, 3.63) is 12.0 Å². The van der Waals surface area contributed by atoms with Crippen molar-refractivity contribution in [2.45, 2.75) is 19.3 Å². The second kappa shape index (κ2) is 8.11. The van der Waals surface area contributed by atoms with Crippen LogP contribution < -0.4 is 10.6 Å². The zero-order chi connectivity index (χ0) is 12.5. The Morgan fingerprint density at radius 3 is 2.88 bits per heavy atom. The molecule has 0 aliphatic rings. The number of hydrogen-bond acceptors (Lipinski definition) is 5. The number of unbranched alkanes of at least 4 members (excludes halogenated alkanes) is 2. The fourth-order valence-corrected chi connectivity index (χ4v) is 1.86.